The zero-order valence-electron chi connectivity index (χ0n) is 13.4. The molecule has 0 spiro atoms. The Morgan fingerprint density at radius 2 is 2.12 bits per heavy atom. The summed E-state index contributed by atoms with van der Waals surface area (Å²) in [5, 5.41) is 2.61. The number of aryl methyl sites for hydroxylation is 3. The van der Waals surface area contributed by atoms with Crippen LogP contribution in [0.15, 0.2) is 24.3 Å². The van der Waals surface area contributed by atoms with E-state index in [1.165, 1.54) is 27.8 Å². The van der Waals surface area contributed by atoms with Crippen molar-refractivity contribution >= 4 is 23.2 Å². The average molecular weight is 347 g/mol. The maximum atomic E-state index is 13.4. The van der Waals surface area contributed by atoms with Crippen LogP contribution in [0.3, 0.4) is 0 Å². The highest BCUT2D eigenvalue weighted by Crippen LogP contribution is 2.30. The van der Waals surface area contributed by atoms with Crippen LogP contribution >= 0.6 is 11.3 Å². The van der Waals surface area contributed by atoms with Gasteiger partial charge in [-0.1, -0.05) is 12.1 Å². The molecule has 1 heterocycles. The number of rotatable bonds is 5. The second-order valence-electron chi connectivity index (χ2n) is 5.85. The third-order valence-electron chi connectivity index (χ3n) is 4.01. The minimum absolute atomic E-state index is 0.195. The van der Waals surface area contributed by atoms with Crippen LogP contribution in [0.2, 0.25) is 0 Å². The van der Waals surface area contributed by atoms with Gasteiger partial charge in [-0.2, -0.15) is 0 Å². The first-order valence-electron chi connectivity index (χ1n) is 7.83. The number of benzene rings is 1. The summed E-state index contributed by atoms with van der Waals surface area (Å²) >= 11 is 1.45. The molecule has 1 amide bonds. The van der Waals surface area contributed by atoms with Gasteiger partial charge in [-0.25, -0.2) is 9.18 Å². The van der Waals surface area contributed by atoms with Crippen LogP contribution in [-0.2, 0) is 28.9 Å². The van der Waals surface area contributed by atoms with Crippen molar-refractivity contribution in [2.45, 2.75) is 32.7 Å². The van der Waals surface area contributed by atoms with Gasteiger partial charge < -0.3 is 10.1 Å². The maximum absolute atomic E-state index is 13.4. The molecule has 0 aliphatic heterocycles. The van der Waals surface area contributed by atoms with Gasteiger partial charge >= 0.3 is 5.97 Å². The predicted molar refractivity (Wildman–Crippen MR) is 89.6 cm³/mol. The quantitative estimate of drug-likeness (QED) is 0.846. The number of hydrogen-bond donors (Lipinski definition) is 1. The molecule has 1 aliphatic rings. The summed E-state index contributed by atoms with van der Waals surface area (Å²) in [6.07, 6.45) is 3.16. The molecule has 1 aromatic heterocycles. The Labute approximate surface area is 143 Å². The second kappa shape index (κ2) is 7.13. The minimum atomic E-state index is -0.467. The van der Waals surface area contributed by atoms with Crippen LogP contribution in [0.4, 0.5) is 4.39 Å². The Kier molecular flexibility index (Phi) is 4.94. The summed E-state index contributed by atoms with van der Waals surface area (Å²) in [5.41, 5.74) is 2.44. The lowest BCUT2D eigenvalue weighted by atomic mass is 10.1. The van der Waals surface area contributed by atoms with Gasteiger partial charge in [-0.3, -0.25) is 4.79 Å². The van der Waals surface area contributed by atoms with Gasteiger partial charge in [0.05, 0.1) is 0 Å². The molecule has 2 aromatic rings. The number of esters is 1. The Bertz CT molecular complexity index is 763. The lowest BCUT2D eigenvalue weighted by Crippen LogP contribution is -2.28. The zero-order valence-corrected chi connectivity index (χ0v) is 14.2. The number of halogens is 1. The SMILES string of the molecule is Cc1ccc(CNC(=O)COC(=O)c2cc3c(s2)CCC3)cc1F. The molecular weight excluding hydrogens is 329 g/mol. The van der Waals surface area contributed by atoms with Crippen molar-refractivity contribution in [3.63, 3.8) is 0 Å². The molecule has 4 nitrogen and oxygen atoms in total. The molecule has 0 atom stereocenters. The number of ether oxygens (including phenoxy) is 1. The van der Waals surface area contributed by atoms with E-state index in [0.29, 0.717) is 16.0 Å². The molecule has 1 aliphatic carbocycles. The van der Waals surface area contributed by atoms with Gasteiger partial charge in [-0.05, 0) is 55.0 Å². The van der Waals surface area contributed by atoms with Crippen molar-refractivity contribution in [2.24, 2.45) is 0 Å². The zero-order chi connectivity index (χ0) is 17.1. The normalized spacial score (nSPS) is 12.8. The van der Waals surface area contributed by atoms with Gasteiger partial charge in [0, 0.05) is 11.4 Å². The number of hydrogen-bond acceptors (Lipinski definition) is 4. The lowest BCUT2D eigenvalue weighted by molar-refractivity contribution is -0.124. The number of carbonyl (C=O) groups is 2. The van der Waals surface area contributed by atoms with E-state index in [9.17, 15) is 14.0 Å². The highest BCUT2D eigenvalue weighted by molar-refractivity contribution is 7.14. The molecule has 1 N–H and O–H groups in total. The first-order chi connectivity index (χ1) is 11.5. The molecule has 0 bridgehead atoms. The highest BCUT2D eigenvalue weighted by Gasteiger charge is 2.19. The van der Waals surface area contributed by atoms with Crippen molar-refractivity contribution in [3.05, 3.63) is 56.5 Å². The van der Waals surface area contributed by atoms with E-state index in [0.717, 1.165) is 19.3 Å². The summed E-state index contributed by atoms with van der Waals surface area (Å²) in [6.45, 7) is 1.54. The summed E-state index contributed by atoms with van der Waals surface area (Å²) in [7, 11) is 0. The largest absolute Gasteiger partial charge is 0.451 e. The summed E-state index contributed by atoms with van der Waals surface area (Å²) < 4.78 is 18.5. The topological polar surface area (TPSA) is 55.4 Å². The van der Waals surface area contributed by atoms with Gasteiger partial charge in [0.25, 0.3) is 5.91 Å². The number of nitrogens with one attached hydrogen (secondary N) is 1. The fourth-order valence-electron chi connectivity index (χ4n) is 2.63. The van der Waals surface area contributed by atoms with Crippen molar-refractivity contribution in [1.29, 1.82) is 0 Å². The van der Waals surface area contributed by atoms with Gasteiger partial charge in [-0.15, -0.1) is 11.3 Å². The predicted octanol–water partition coefficient (Wildman–Crippen LogP) is 3.16. The first-order valence-corrected chi connectivity index (χ1v) is 8.65. The number of amides is 1. The Hall–Kier alpha value is -2.21. The van der Waals surface area contributed by atoms with E-state index in [-0.39, 0.29) is 19.0 Å². The molecule has 0 fully saturated rings. The smallest absolute Gasteiger partial charge is 0.348 e. The van der Waals surface area contributed by atoms with Crippen molar-refractivity contribution in [2.75, 3.05) is 6.61 Å². The lowest BCUT2D eigenvalue weighted by Gasteiger charge is -2.07. The van der Waals surface area contributed by atoms with E-state index >= 15 is 0 Å². The average Bonchev–Trinajstić information content (AvgIpc) is 3.15. The van der Waals surface area contributed by atoms with Crippen molar-refractivity contribution in [1.82, 2.24) is 5.32 Å². The molecule has 0 saturated heterocycles. The maximum Gasteiger partial charge on any atom is 0.348 e. The second-order valence-corrected chi connectivity index (χ2v) is 6.99. The Balaban J connectivity index is 1.46. The van der Waals surface area contributed by atoms with Gasteiger partial charge in [0.15, 0.2) is 6.61 Å². The molecule has 0 saturated carbocycles. The standard InChI is InChI=1S/C18H18FNO3S/c1-11-5-6-12(7-14(11)19)9-20-17(21)10-23-18(22)16-8-13-3-2-4-15(13)24-16/h5-8H,2-4,9-10H2,1H3,(H,20,21). The van der Waals surface area contributed by atoms with Gasteiger partial charge in [0.2, 0.25) is 0 Å². The summed E-state index contributed by atoms with van der Waals surface area (Å²) in [6, 6.07) is 6.65. The Morgan fingerprint density at radius 1 is 1.29 bits per heavy atom. The van der Waals surface area contributed by atoms with E-state index in [2.05, 4.69) is 5.32 Å². The van der Waals surface area contributed by atoms with E-state index < -0.39 is 11.9 Å². The fourth-order valence-corrected chi connectivity index (χ4v) is 3.78. The van der Waals surface area contributed by atoms with Crippen LogP contribution in [0.1, 0.15) is 37.7 Å². The molecule has 0 unspecified atom stereocenters. The monoisotopic (exact) mass is 347 g/mol. The number of carbonyl (C=O) groups excluding carboxylic acids is 2. The van der Waals surface area contributed by atoms with Crippen molar-refractivity contribution < 1.29 is 18.7 Å². The Morgan fingerprint density at radius 3 is 2.88 bits per heavy atom. The molecule has 1 aromatic carbocycles. The highest BCUT2D eigenvalue weighted by atomic mass is 32.1. The first kappa shape index (κ1) is 16.6. The third-order valence-corrected chi connectivity index (χ3v) is 5.23. The number of fused-ring (bicyclic) bond motifs is 1. The van der Waals surface area contributed by atoms with E-state index in [4.69, 9.17) is 4.74 Å². The fraction of sp³-hybridized carbons (Fsp3) is 0.333. The molecule has 0 radical (unpaired) electrons. The molecule has 6 heteroatoms. The van der Waals surface area contributed by atoms with E-state index in [1.54, 1.807) is 19.1 Å². The van der Waals surface area contributed by atoms with E-state index in [1.807, 2.05) is 6.07 Å². The van der Waals surface area contributed by atoms with Crippen molar-refractivity contribution in [3.8, 4) is 0 Å². The molecule has 24 heavy (non-hydrogen) atoms. The van der Waals surface area contributed by atoms with Crippen LogP contribution in [0, 0.1) is 12.7 Å². The molecule has 126 valence electrons. The summed E-state index contributed by atoms with van der Waals surface area (Å²) in [5.74, 6) is -1.18. The van der Waals surface area contributed by atoms with Crippen LogP contribution in [0.25, 0.3) is 0 Å². The molecular formula is C18H18FNO3S. The van der Waals surface area contributed by atoms with Crippen LogP contribution in [0.5, 0.6) is 0 Å². The minimum Gasteiger partial charge on any atom is -0.451 e. The third kappa shape index (κ3) is 3.82. The van der Waals surface area contributed by atoms with Crippen LogP contribution < -0.4 is 5.32 Å². The molecule has 3 rings (SSSR count). The van der Waals surface area contributed by atoms with Crippen LogP contribution in [-0.4, -0.2) is 18.5 Å². The van der Waals surface area contributed by atoms with Gasteiger partial charge in [0.1, 0.15) is 10.7 Å². The summed E-state index contributed by atoms with van der Waals surface area (Å²) in [4.78, 5) is 25.5. The number of thiophene rings is 1.